The van der Waals surface area contributed by atoms with Gasteiger partial charge in [0.15, 0.2) is 0 Å². The Morgan fingerprint density at radius 1 is 1.56 bits per heavy atom. The molecule has 0 spiro atoms. The Labute approximate surface area is 93.0 Å². The number of carbonyl (C=O) groups excluding carboxylic acids is 1. The Hall–Kier alpha value is -2.28. The van der Waals surface area contributed by atoms with E-state index >= 15 is 0 Å². The number of fused-ring (bicyclic) bond motifs is 1. The van der Waals surface area contributed by atoms with Crippen molar-refractivity contribution in [2.75, 3.05) is 6.54 Å². The maximum Gasteiger partial charge on any atom is 0.217 e. The van der Waals surface area contributed by atoms with E-state index in [9.17, 15) is 4.79 Å². The van der Waals surface area contributed by atoms with E-state index in [1.54, 1.807) is 6.20 Å². The molecule has 2 rings (SSSR count). The van der Waals surface area contributed by atoms with Crippen molar-refractivity contribution in [1.29, 1.82) is 0 Å². The summed E-state index contributed by atoms with van der Waals surface area (Å²) in [6.07, 6.45) is 1.75. The highest BCUT2D eigenvalue weighted by Gasteiger charge is 1.98. The number of carbonyl (C=O) groups is 1. The van der Waals surface area contributed by atoms with Crippen LogP contribution < -0.4 is 5.32 Å². The Balaban J connectivity index is 2.20. The monoisotopic (exact) mass is 213 g/mol. The number of nitrogens with one attached hydrogen (secondary N) is 2. The van der Waals surface area contributed by atoms with Gasteiger partial charge in [0.2, 0.25) is 5.91 Å². The second kappa shape index (κ2) is 4.49. The van der Waals surface area contributed by atoms with E-state index in [-0.39, 0.29) is 5.91 Å². The standard InChI is InChI=1S/C12H11N3O/c1-9(16)13-7-3-5-10-4-2-6-12-11(10)8-14-15-12/h2,4,6,8H,7H2,1H3,(H,13,16)(H,14,15). The molecule has 1 amide bonds. The number of H-pyrrole nitrogens is 1. The summed E-state index contributed by atoms with van der Waals surface area (Å²) in [5.41, 5.74) is 1.88. The maximum atomic E-state index is 10.6. The molecule has 0 bridgehead atoms. The van der Waals surface area contributed by atoms with Gasteiger partial charge >= 0.3 is 0 Å². The predicted molar refractivity (Wildman–Crippen MR) is 61.7 cm³/mol. The smallest absolute Gasteiger partial charge is 0.217 e. The lowest BCUT2D eigenvalue weighted by molar-refractivity contribution is -0.118. The topological polar surface area (TPSA) is 57.8 Å². The lowest BCUT2D eigenvalue weighted by atomic mass is 10.1. The average Bonchev–Trinajstić information content (AvgIpc) is 2.72. The summed E-state index contributed by atoms with van der Waals surface area (Å²) in [5, 5.41) is 10.5. The zero-order valence-electron chi connectivity index (χ0n) is 8.87. The van der Waals surface area contributed by atoms with Crippen molar-refractivity contribution in [2.45, 2.75) is 6.92 Å². The minimum absolute atomic E-state index is 0.0733. The number of nitrogens with zero attached hydrogens (tertiary/aromatic N) is 1. The summed E-state index contributed by atoms with van der Waals surface area (Å²) < 4.78 is 0. The lowest BCUT2D eigenvalue weighted by Gasteiger charge is -1.93. The van der Waals surface area contributed by atoms with Crippen LogP contribution in [0.3, 0.4) is 0 Å². The maximum absolute atomic E-state index is 10.6. The van der Waals surface area contributed by atoms with Crippen molar-refractivity contribution in [2.24, 2.45) is 0 Å². The van der Waals surface area contributed by atoms with Crippen molar-refractivity contribution >= 4 is 16.8 Å². The van der Waals surface area contributed by atoms with Gasteiger partial charge in [-0.3, -0.25) is 9.89 Å². The van der Waals surface area contributed by atoms with Crippen LogP contribution in [0, 0.1) is 11.8 Å². The molecule has 0 atom stereocenters. The Morgan fingerprint density at radius 2 is 2.44 bits per heavy atom. The molecule has 2 aromatic rings. The van der Waals surface area contributed by atoms with Crippen LogP contribution in [0.2, 0.25) is 0 Å². The van der Waals surface area contributed by atoms with Gasteiger partial charge in [-0.25, -0.2) is 0 Å². The molecule has 1 heterocycles. The molecule has 0 saturated heterocycles. The van der Waals surface area contributed by atoms with E-state index in [1.807, 2.05) is 18.2 Å². The second-order valence-electron chi connectivity index (χ2n) is 3.35. The van der Waals surface area contributed by atoms with Gasteiger partial charge in [-0.2, -0.15) is 5.10 Å². The van der Waals surface area contributed by atoms with E-state index in [0.29, 0.717) is 6.54 Å². The largest absolute Gasteiger partial charge is 0.345 e. The molecule has 0 aliphatic rings. The third kappa shape index (κ3) is 2.20. The first-order valence-electron chi connectivity index (χ1n) is 4.93. The first-order valence-corrected chi connectivity index (χ1v) is 4.93. The molecule has 16 heavy (non-hydrogen) atoms. The normalized spacial score (nSPS) is 9.56. The quantitative estimate of drug-likeness (QED) is 0.696. The van der Waals surface area contributed by atoms with Crippen LogP contribution in [0.25, 0.3) is 10.9 Å². The van der Waals surface area contributed by atoms with E-state index in [0.717, 1.165) is 16.5 Å². The average molecular weight is 213 g/mol. The number of aromatic amines is 1. The van der Waals surface area contributed by atoms with Crippen molar-refractivity contribution in [3.8, 4) is 11.8 Å². The molecule has 0 saturated carbocycles. The molecular weight excluding hydrogens is 202 g/mol. The summed E-state index contributed by atoms with van der Waals surface area (Å²) >= 11 is 0. The van der Waals surface area contributed by atoms with Gasteiger partial charge in [0.25, 0.3) is 0 Å². The van der Waals surface area contributed by atoms with Gasteiger partial charge in [-0.05, 0) is 12.1 Å². The van der Waals surface area contributed by atoms with Crippen LogP contribution in [-0.2, 0) is 4.79 Å². The second-order valence-corrected chi connectivity index (χ2v) is 3.35. The fraction of sp³-hybridized carbons (Fsp3) is 0.167. The van der Waals surface area contributed by atoms with Crippen LogP contribution in [0.5, 0.6) is 0 Å². The Morgan fingerprint density at radius 3 is 3.25 bits per heavy atom. The van der Waals surface area contributed by atoms with Gasteiger partial charge in [-0.1, -0.05) is 17.9 Å². The number of benzene rings is 1. The molecule has 0 radical (unpaired) electrons. The zero-order chi connectivity index (χ0) is 11.4. The van der Waals surface area contributed by atoms with E-state index in [4.69, 9.17) is 0 Å². The fourth-order valence-electron chi connectivity index (χ4n) is 1.39. The number of amides is 1. The van der Waals surface area contributed by atoms with Crippen molar-refractivity contribution < 1.29 is 4.79 Å². The minimum atomic E-state index is -0.0733. The molecule has 0 unspecified atom stereocenters. The highest BCUT2D eigenvalue weighted by Crippen LogP contribution is 2.14. The molecule has 1 aromatic carbocycles. The third-order valence-electron chi connectivity index (χ3n) is 2.13. The number of hydrogen-bond acceptors (Lipinski definition) is 2. The lowest BCUT2D eigenvalue weighted by Crippen LogP contribution is -2.19. The van der Waals surface area contributed by atoms with Gasteiger partial charge in [0.1, 0.15) is 0 Å². The highest BCUT2D eigenvalue weighted by atomic mass is 16.1. The number of aromatic nitrogens is 2. The first kappa shape index (κ1) is 10.2. The van der Waals surface area contributed by atoms with E-state index < -0.39 is 0 Å². The van der Waals surface area contributed by atoms with Crippen LogP contribution in [0.4, 0.5) is 0 Å². The highest BCUT2D eigenvalue weighted by molar-refractivity contribution is 5.84. The van der Waals surface area contributed by atoms with Crippen LogP contribution in [0.15, 0.2) is 24.4 Å². The van der Waals surface area contributed by atoms with E-state index in [2.05, 4.69) is 27.4 Å². The SMILES string of the molecule is CC(=O)NCC#Cc1cccc2[nH]ncc12. The molecule has 80 valence electrons. The molecule has 2 N–H and O–H groups in total. The summed E-state index contributed by atoms with van der Waals surface area (Å²) in [6.45, 7) is 1.84. The summed E-state index contributed by atoms with van der Waals surface area (Å²) in [5.74, 6) is 5.82. The number of hydrogen-bond donors (Lipinski definition) is 2. The predicted octanol–water partition coefficient (Wildman–Crippen LogP) is 1.05. The molecule has 1 aromatic heterocycles. The molecular formula is C12H11N3O. The Kier molecular flexibility index (Phi) is 2.88. The van der Waals surface area contributed by atoms with Crippen LogP contribution in [-0.4, -0.2) is 22.6 Å². The first-order chi connectivity index (χ1) is 7.77. The van der Waals surface area contributed by atoms with Gasteiger partial charge in [0, 0.05) is 17.9 Å². The third-order valence-corrected chi connectivity index (χ3v) is 2.13. The van der Waals surface area contributed by atoms with E-state index in [1.165, 1.54) is 6.92 Å². The van der Waals surface area contributed by atoms with Crippen molar-refractivity contribution in [3.05, 3.63) is 30.0 Å². The van der Waals surface area contributed by atoms with Crippen molar-refractivity contribution in [1.82, 2.24) is 15.5 Å². The zero-order valence-corrected chi connectivity index (χ0v) is 8.87. The fourth-order valence-corrected chi connectivity index (χ4v) is 1.39. The number of rotatable bonds is 1. The molecule has 0 fully saturated rings. The van der Waals surface area contributed by atoms with Crippen LogP contribution in [0.1, 0.15) is 12.5 Å². The molecule has 4 nitrogen and oxygen atoms in total. The van der Waals surface area contributed by atoms with Crippen molar-refractivity contribution in [3.63, 3.8) is 0 Å². The molecule has 0 aliphatic carbocycles. The summed E-state index contributed by atoms with van der Waals surface area (Å²) in [6, 6.07) is 5.79. The Bertz CT molecular complexity index is 574. The summed E-state index contributed by atoms with van der Waals surface area (Å²) in [7, 11) is 0. The molecule has 0 aliphatic heterocycles. The van der Waals surface area contributed by atoms with Gasteiger partial charge in [0.05, 0.1) is 18.3 Å². The van der Waals surface area contributed by atoms with Crippen LogP contribution >= 0.6 is 0 Å². The molecule has 4 heteroatoms. The van der Waals surface area contributed by atoms with Gasteiger partial charge < -0.3 is 5.32 Å². The minimum Gasteiger partial charge on any atom is -0.345 e. The van der Waals surface area contributed by atoms with Gasteiger partial charge in [-0.15, -0.1) is 0 Å². The summed E-state index contributed by atoms with van der Waals surface area (Å²) in [4.78, 5) is 10.6.